The number of thiophene rings is 1. The summed E-state index contributed by atoms with van der Waals surface area (Å²) in [7, 11) is -3.10. The number of pyridine rings is 1. The Morgan fingerprint density at radius 3 is 2.90 bits per heavy atom. The number of rotatable bonds is 5. The number of aryl methyl sites for hydroxylation is 1. The number of aromatic nitrogens is 3. The maximum Gasteiger partial charge on any atom is 0.252 e. The van der Waals surface area contributed by atoms with E-state index in [1.807, 2.05) is 24.4 Å². The third-order valence-corrected chi connectivity index (χ3v) is 8.04. The molecule has 5 heterocycles. The van der Waals surface area contributed by atoms with Crippen LogP contribution in [0.5, 0.6) is 0 Å². The number of furan rings is 1. The van der Waals surface area contributed by atoms with E-state index in [4.69, 9.17) is 9.40 Å². The second-order valence-electron chi connectivity index (χ2n) is 7.58. The predicted molar refractivity (Wildman–Crippen MR) is 118 cm³/mol. The third kappa shape index (κ3) is 3.77. The van der Waals surface area contributed by atoms with Crippen molar-refractivity contribution in [3.05, 3.63) is 58.1 Å². The normalized spacial score (nSPS) is 17.9. The molecule has 5 rings (SSSR count). The SMILES string of the molecule is Cc1nn([C@H]2CCS(=O)(=O)C2)c2nc(-c3ccco3)cc(C(=O)NCc3cccs3)c12. The number of hydrogen-bond acceptors (Lipinski definition) is 7. The van der Waals surface area contributed by atoms with E-state index in [1.165, 1.54) is 0 Å². The van der Waals surface area contributed by atoms with Crippen LogP contribution in [0.3, 0.4) is 0 Å². The van der Waals surface area contributed by atoms with Gasteiger partial charge in [-0.05, 0) is 43.0 Å². The quantitative estimate of drug-likeness (QED) is 0.494. The molecule has 4 aromatic heterocycles. The van der Waals surface area contributed by atoms with Crippen LogP contribution >= 0.6 is 11.3 Å². The number of nitrogens with one attached hydrogen (secondary N) is 1. The van der Waals surface area contributed by atoms with Gasteiger partial charge in [-0.15, -0.1) is 11.3 Å². The summed E-state index contributed by atoms with van der Waals surface area (Å²) in [6.07, 6.45) is 2.02. The van der Waals surface area contributed by atoms with Crippen molar-refractivity contribution in [1.82, 2.24) is 20.1 Å². The molecule has 0 aliphatic carbocycles. The van der Waals surface area contributed by atoms with Gasteiger partial charge in [0, 0.05) is 4.88 Å². The Balaban J connectivity index is 1.62. The van der Waals surface area contributed by atoms with E-state index in [1.54, 1.807) is 40.5 Å². The molecule has 0 unspecified atom stereocenters. The zero-order valence-electron chi connectivity index (χ0n) is 16.7. The highest BCUT2D eigenvalue weighted by atomic mass is 32.2. The molecule has 1 N–H and O–H groups in total. The second kappa shape index (κ2) is 7.61. The summed E-state index contributed by atoms with van der Waals surface area (Å²) in [5, 5.41) is 10.2. The largest absolute Gasteiger partial charge is 0.463 e. The van der Waals surface area contributed by atoms with Gasteiger partial charge in [0.25, 0.3) is 5.91 Å². The zero-order chi connectivity index (χ0) is 21.6. The van der Waals surface area contributed by atoms with Gasteiger partial charge in [-0.3, -0.25) is 4.79 Å². The molecule has 4 aromatic rings. The number of amides is 1. The molecule has 1 saturated heterocycles. The van der Waals surface area contributed by atoms with Gasteiger partial charge in [-0.2, -0.15) is 5.10 Å². The Kier molecular flexibility index (Phi) is 4.90. The van der Waals surface area contributed by atoms with Gasteiger partial charge in [-0.25, -0.2) is 18.1 Å². The number of hydrogen-bond donors (Lipinski definition) is 1. The number of fused-ring (bicyclic) bond motifs is 1. The van der Waals surface area contributed by atoms with E-state index >= 15 is 0 Å². The van der Waals surface area contributed by atoms with Crippen LogP contribution in [0.1, 0.15) is 33.4 Å². The highest BCUT2D eigenvalue weighted by Gasteiger charge is 2.32. The second-order valence-corrected chi connectivity index (χ2v) is 10.8. The minimum absolute atomic E-state index is 0.0236. The minimum Gasteiger partial charge on any atom is -0.463 e. The molecular formula is C21H20N4O4S2. The molecule has 1 atom stereocenters. The number of carbonyl (C=O) groups excluding carboxylic acids is 1. The van der Waals surface area contributed by atoms with Gasteiger partial charge in [0.2, 0.25) is 0 Å². The molecule has 0 aromatic carbocycles. The zero-order valence-corrected chi connectivity index (χ0v) is 18.4. The Labute approximate surface area is 182 Å². The molecule has 0 saturated carbocycles. The van der Waals surface area contributed by atoms with Crippen LogP contribution in [0.4, 0.5) is 0 Å². The topological polar surface area (TPSA) is 107 Å². The Morgan fingerprint density at radius 1 is 1.35 bits per heavy atom. The molecule has 0 spiro atoms. The summed E-state index contributed by atoms with van der Waals surface area (Å²) in [6.45, 7) is 2.23. The van der Waals surface area contributed by atoms with E-state index in [2.05, 4.69) is 10.4 Å². The summed E-state index contributed by atoms with van der Waals surface area (Å²) < 4.78 is 31.3. The van der Waals surface area contributed by atoms with E-state index < -0.39 is 9.84 Å². The van der Waals surface area contributed by atoms with Gasteiger partial charge in [0.1, 0.15) is 5.69 Å². The highest BCUT2D eigenvalue weighted by molar-refractivity contribution is 7.91. The number of sulfone groups is 1. The van der Waals surface area contributed by atoms with Gasteiger partial charge >= 0.3 is 0 Å². The van der Waals surface area contributed by atoms with E-state index in [-0.39, 0.29) is 23.5 Å². The van der Waals surface area contributed by atoms with E-state index in [0.717, 1.165) is 4.88 Å². The molecule has 1 aliphatic rings. The molecule has 1 amide bonds. The predicted octanol–water partition coefficient (Wildman–Crippen LogP) is 3.35. The molecule has 1 fully saturated rings. The molecule has 160 valence electrons. The lowest BCUT2D eigenvalue weighted by molar-refractivity contribution is 0.0953. The molecule has 8 nitrogen and oxygen atoms in total. The Bertz CT molecular complexity index is 1360. The van der Waals surface area contributed by atoms with Gasteiger partial charge in [0.05, 0.1) is 47.0 Å². The van der Waals surface area contributed by atoms with E-state index in [0.29, 0.717) is 46.7 Å². The lowest BCUT2D eigenvalue weighted by Crippen LogP contribution is -2.23. The van der Waals surface area contributed by atoms with Gasteiger partial charge in [-0.1, -0.05) is 6.07 Å². The summed E-state index contributed by atoms with van der Waals surface area (Å²) >= 11 is 1.57. The maximum atomic E-state index is 13.2. The van der Waals surface area contributed by atoms with Crippen molar-refractivity contribution in [2.75, 3.05) is 11.5 Å². The fourth-order valence-electron chi connectivity index (χ4n) is 3.94. The lowest BCUT2D eigenvalue weighted by atomic mass is 10.1. The van der Waals surface area contributed by atoms with Crippen LogP contribution < -0.4 is 5.32 Å². The highest BCUT2D eigenvalue weighted by Crippen LogP contribution is 2.32. The van der Waals surface area contributed by atoms with Crippen molar-refractivity contribution >= 4 is 38.1 Å². The standard InChI is InChI=1S/C21H20N4O4S2/c1-13-19-16(21(26)22-11-15-4-3-8-30-15)10-17(18-5-2-7-29-18)23-20(19)25(24-13)14-6-9-31(27,28)12-14/h2-5,7-8,10,14H,6,9,11-12H2,1H3,(H,22,26)/t14-/m0/s1. The van der Waals surface area contributed by atoms with Gasteiger partial charge in [0.15, 0.2) is 21.2 Å². The van der Waals surface area contributed by atoms with E-state index in [9.17, 15) is 13.2 Å². The lowest BCUT2D eigenvalue weighted by Gasteiger charge is -2.11. The van der Waals surface area contributed by atoms with Crippen LogP contribution in [-0.4, -0.2) is 40.6 Å². The van der Waals surface area contributed by atoms with Crippen LogP contribution in [0.15, 0.2) is 46.4 Å². The summed E-state index contributed by atoms with van der Waals surface area (Å²) in [5.41, 5.74) is 2.08. The Morgan fingerprint density at radius 2 is 2.23 bits per heavy atom. The Hall–Kier alpha value is -2.98. The summed E-state index contributed by atoms with van der Waals surface area (Å²) in [5.74, 6) is 0.439. The minimum atomic E-state index is -3.10. The summed E-state index contributed by atoms with van der Waals surface area (Å²) in [6, 6.07) is 8.83. The van der Waals surface area contributed by atoms with Crippen molar-refractivity contribution in [2.24, 2.45) is 0 Å². The third-order valence-electron chi connectivity index (χ3n) is 5.41. The van der Waals surface area contributed by atoms with Crippen molar-refractivity contribution < 1.29 is 17.6 Å². The first-order valence-corrected chi connectivity index (χ1v) is 12.6. The molecule has 31 heavy (non-hydrogen) atoms. The first kappa shape index (κ1) is 20.0. The smallest absolute Gasteiger partial charge is 0.252 e. The van der Waals surface area contributed by atoms with Crippen molar-refractivity contribution in [3.63, 3.8) is 0 Å². The number of carbonyl (C=O) groups is 1. The van der Waals surface area contributed by atoms with Crippen LogP contribution in [0, 0.1) is 6.92 Å². The maximum absolute atomic E-state index is 13.2. The molecular weight excluding hydrogens is 436 g/mol. The van der Waals surface area contributed by atoms with Crippen molar-refractivity contribution in [2.45, 2.75) is 25.9 Å². The van der Waals surface area contributed by atoms with Crippen LogP contribution in [0.2, 0.25) is 0 Å². The number of nitrogens with zero attached hydrogens (tertiary/aromatic N) is 3. The average Bonchev–Trinajstić information content (AvgIpc) is 3.53. The van der Waals surface area contributed by atoms with Gasteiger partial charge < -0.3 is 9.73 Å². The summed E-state index contributed by atoms with van der Waals surface area (Å²) in [4.78, 5) is 18.9. The van der Waals surface area contributed by atoms with Crippen LogP contribution in [-0.2, 0) is 16.4 Å². The van der Waals surface area contributed by atoms with Crippen molar-refractivity contribution in [1.29, 1.82) is 0 Å². The fraction of sp³-hybridized carbons (Fsp3) is 0.286. The van der Waals surface area contributed by atoms with Crippen molar-refractivity contribution in [3.8, 4) is 11.5 Å². The fourth-order valence-corrected chi connectivity index (χ4v) is 6.28. The average molecular weight is 457 g/mol. The molecule has 1 aliphatic heterocycles. The monoisotopic (exact) mass is 456 g/mol. The first-order chi connectivity index (χ1) is 14.9. The molecule has 0 bridgehead atoms. The van der Waals surface area contributed by atoms with Crippen LogP contribution in [0.25, 0.3) is 22.5 Å². The molecule has 0 radical (unpaired) electrons. The molecule has 10 heteroatoms. The first-order valence-electron chi connectivity index (χ1n) is 9.86.